The van der Waals surface area contributed by atoms with Crippen LogP contribution >= 0.6 is 0 Å². The van der Waals surface area contributed by atoms with E-state index in [1.165, 1.54) is 20.1 Å². The molecule has 7 nitrogen and oxygen atoms in total. The molecule has 0 aliphatic heterocycles. The van der Waals surface area contributed by atoms with Gasteiger partial charge in [0, 0.05) is 6.07 Å². The van der Waals surface area contributed by atoms with Crippen molar-refractivity contribution in [3.8, 4) is 5.75 Å². The number of hydrogen-bond donors (Lipinski definition) is 1. The van der Waals surface area contributed by atoms with E-state index in [1.54, 1.807) is 0 Å². The van der Waals surface area contributed by atoms with Crippen molar-refractivity contribution < 1.29 is 18.1 Å². The van der Waals surface area contributed by atoms with Gasteiger partial charge < -0.3 is 4.74 Å². The predicted molar refractivity (Wildman–Crippen MR) is 55.8 cm³/mol. The highest BCUT2D eigenvalue weighted by molar-refractivity contribution is 7.89. The molecule has 0 atom stereocenters. The zero-order valence-corrected chi connectivity index (χ0v) is 9.45. The number of nitro benzene ring substituents is 1. The van der Waals surface area contributed by atoms with E-state index >= 15 is 0 Å². The van der Waals surface area contributed by atoms with Crippen LogP contribution in [0.2, 0.25) is 0 Å². The first-order valence-electron chi connectivity index (χ1n) is 4.13. The number of hydrogen-bond acceptors (Lipinski definition) is 5. The third kappa shape index (κ3) is 2.28. The first-order chi connectivity index (χ1) is 7.27. The highest BCUT2D eigenvalue weighted by Crippen LogP contribution is 2.31. The smallest absolute Gasteiger partial charge is 0.312 e. The monoisotopic (exact) mass is 246 g/mol. The second kappa shape index (κ2) is 4.06. The van der Waals surface area contributed by atoms with Crippen LogP contribution in [0.5, 0.6) is 5.75 Å². The normalized spacial score (nSPS) is 11.2. The van der Waals surface area contributed by atoms with Gasteiger partial charge in [0.1, 0.15) is 0 Å². The van der Waals surface area contributed by atoms with Crippen LogP contribution < -0.4 is 9.88 Å². The lowest BCUT2D eigenvalue weighted by Gasteiger charge is -2.06. The molecule has 0 aliphatic carbocycles. The number of methoxy groups -OCH3 is 1. The first kappa shape index (κ1) is 12.4. The molecule has 0 saturated heterocycles. The number of nitrogens with zero attached hydrogens (tertiary/aromatic N) is 1. The van der Waals surface area contributed by atoms with Crippen molar-refractivity contribution in [1.82, 2.24) is 0 Å². The standard InChI is InChI=1S/C8H10N2O5S/c1-5-3-7(15-2)6(10(11)12)4-8(5)16(9,13)14/h3-4H,1-2H3,(H2,9,13,14). The molecule has 0 radical (unpaired) electrons. The van der Waals surface area contributed by atoms with Gasteiger partial charge in [0.25, 0.3) is 0 Å². The van der Waals surface area contributed by atoms with E-state index in [9.17, 15) is 18.5 Å². The Bertz CT molecular complexity index is 538. The first-order valence-corrected chi connectivity index (χ1v) is 5.68. The summed E-state index contributed by atoms with van der Waals surface area (Å²) in [4.78, 5) is 9.65. The average molecular weight is 246 g/mol. The zero-order valence-electron chi connectivity index (χ0n) is 8.63. The molecule has 0 amide bonds. The maximum absolute atomic E-state index is 11.1. The molecule has 0 fully saturated rings. The molecule has 0 saturated carbocycles. The van der Waals surface area contributed by atoms with Gasteiger partial charge in [-0.3, -0.25) is 10.1 Å². The highest BCUT2D eigenvalue weighted by atomic mass is 32.2. The lowest BCUT2D eigenvalue weighted by Crippen LogP contribution is -2.14. The maximum atomic E-state index is 11.1. The number of ether oxygens (including phenoxy) is 1. The molecule has 0 heterocycles. The van der Waals surface area contributed by atoms with E-state index in [1.807, 2.05) is 0 Å². The molecule has 0 aromatic heterocycles. The van der Waals surface area contributed by atoms with E-state index in [0.29, 0.717) is 5.56 Å². The molecule has 0 spiro atoms. The Morgan fingerprint density at radius 1 is 1.44 bits per heavy atom. The molecule has 16 heavy (non-hydrogen) atoms. The average Bonchev–Trinajstić information content (AvgIpc) is 2.14. The number of rotatable bonds is 3. The molecule has 0 unspecified atom stereocenters. The number of primary sulfonamides is 1. The van der Waals surface area contributed by atoms with Crippen LogP contribution in [-0.2, 0) is 10.0 Å². The summed E-state index contributed by atoms with van der Waals surface area (Å²) in [6, 6.07) is 2.15. The number of benzene rings is 1. The lowest BCUT2D eigenvalue weighted by molar-refractivity contribution is -0.386. The Kier molecular flexibility index (Phi) is 3.15. The molecule has 88 valence electrons. The quantitative estimate of drug-likeness (QED) is 0.618. The van der Waals surface area contributed by atoms with E-state index in [-0.39, 0.29) is 10.6 Å². The molecule has 1 aromatic carbocycles. The molecular weight excluding hydrogens is 236 g/mol. The zero-order chi connectivity index (χ0) is 12.5. The molecule has 0 aliphatic rings. The maximum Gasteiger partial charge on any atom is 0.312 e. The van der Waals surface area contributed by atoms with Crippen LogP contribution in [0.25, 0.3) is 0 Å². The summed E-state index contributed by atoms with van der Waals surface area (Å²) < 4.78 is 27.1. The minimum absolute atomic E-state index is 0.00472. The largest absolute Gasteiger partial charge is 0.490 e. The van der Waals surface area contributed by atoms with E-state index in [0.717, 1.165) is 6.07 Å². The second-order valence-electron chi connectivity index (χ2n) is 3.09. The molecule has 1 rings (SSSR count). The van der Waals surface area contributed by atoms with Crippen LogP contribution in [-0.4, -0.2) is 20.5 Å². The van der Waals surface area contributed by atoms with Crippen molar-refractivity contribution in [2.24, 2.45) is 5.14 Å². The number of nitrogens with two attached hydrogens (primary N) is 1. The highest BCUT2D eigenvalue weighted by Gasteiger charge is 2.22. The predicted octanol–water partition coefficient (Wildman–Crippen LogP) is 0.559. The summed E-state index contributed by atoms with van der Waals surface area (Å²) in [5.74, 6) is -0.00472. The fraction of sp³-hybridized carbons (Fsp3) is 0.250. The Morgan fingerprint density at radius 3 is 2.38 bits per heavy atom. The van der Waals surface area contributed by atoms with Crippen molar-refractivity contribution in [2.45, 2.75) is 11.8 Å². The summed E-state index contributed by atoms with van der Waals surface area (Å²) in [5.41, 5.74) is -0.137. The van der Waals surface area contributed by atoms with Crippen LogP contribution in [0.4, 0.5) is 5.69 Å². The summed E-state index contributed by atoms with van der Waals surface area (Å²) in [6.07, 6.45) is 0. The van der Waals surface area contributed by atoms with Crippen molar-refractivity contribution in [2.75, 3.05) is 7.11 Å². The fourth-order valence-corrected chi connectivity index (χ4v) is 2.05. The van der Waals surface area contributed by atoms with Gasteiger partial charge >= 0.3 is 5.69 Å². The topological polar surface area (TPSA) is 113 Å². The van der Waals surface area contributed by atoms with Gasteiger partial charge in [0.05, 0.1) is 16.9 Å². The molecule has 2 N–H and O–H groups in total. The van der Waals surface area contributed by atoms with Crippen LogP contribution in [0.3, 0.4) is 0 Å². The number of nitro groups is 1. The fourth-order valence-electron chi connectivity index (χ4n) is 1.26. The molecule has 0 bridgehead atoms. The van der Waals surface area contributed by atoms with Gasteiger partial charge in [-0.25, -0.2) is 13.6 Å². The van der Waals surface area contributed by atoms with Crippen molar-refractivity contribution in [3.05, 3.63) is 27.8 Å². The SMILES string of the molecule is COc1cc(C)c(S(N)(=O)=O)cc1[N+](=O)[O-]. The summed E-state index contributed by atoms with van der Waals surface area (Å²) in [6.45, 7) is 1.48. The van der Waals surface area contributed by atoms with Crippen LogP contribution in [0, 0.1) is 17.0 Å². The van der Waals surface area contributed by atoms with Crippen LogP contribution in [0.1, 0.15) is 5.56 Å². The van der Waals surface area contributed by atoms with Gasteiger partial charge in [-0.15, -0.1) is 0 Å². The summed E-state index contributed by atoms with van der Waals surface area (Å²) in [7, 11) is -2.71. The lowest BCUT2D eigenvalue weighted by atomic mass is 10.2. The Hall–Kier alpha value is -1.67. The van der Waals surface area contributed by atoms with E-state index in [2.05, 4.69) is 0 Å². The summed E-state index contributed by atoms with van der Waals surface area (Å²) in [5, 5.41) is 15.6. The number of sulfonamides is 1. The molecule has 8 heteroatoms. The van der Waals surface area contributed by atoms with E-state index in [4.69, 9.17) is 9.88 Å². The third-order valence-electron chi connectivity index (χ3n) is 1.98. The van der Waals surface area contributed by atoms with Gasteiger partial charge in [0.2, 0.25) is 10.0 Å². The minimum Gasteiger partial charge on any atom is -0.490 e. The molecule has 1 aromatic rings. The van der Waals surface area contributed by atoms with Gasteiger partial charge in [-0.1, -0.05) is 0 Å². The Labute approximate surface area is 92.0 Å². The molecular formula is C8H10N2O5S. The van der Waals surface area contributed by atoms with Crippen molar-refractivity contribution >= 4 is 15.7 Å². The van der Waals surface area contributed by atoms with Crippen molar-refractivity contribution in [3.63, 3.8) is 0 Å². The summed E-state index contributed by atoms with van der Waals surface area (Å²) >= 11 is 0. The minimum atomic E-state index is -3.97. The number of aryl methyl sites for hydroxylation is 1. The van der Waals surface area contributed by atoms with Crippen molar-refractivity contribution in [1.29, 1.82) is 0 Å². The second-order valence-corrected chi connectivity index (χ2v) is 4.62. The third-order valence-corrected chi connectivity index (χ3v) is 3.03. The van der Waals surface area contributed by atoms with Gasteiger partial charge in [0.15, 0.2) is 5.75 Å². The van der Waals surface area contributed by atoms with Gasteiger partial charge in [-0.05, 0) is 18.6 Å². The van der Waals surface area contributed by atoms with E-state index < -0.39 is 20.6 Å². The Balaban J connectivity index is 3.58. The van der Waals surface area contributed by atoms with Gasteiger partial charge in [-0.2, -0.15) is 0 Å². The Morgan fingerprint density at radius 2 is 2.00 bits per heavy atom. The van der Waals surface area contributed by atoms with Crippen LogP contribution in [0.15, 0.2) is 17.0 Å².